The molecule has 2 aromatic rings. The molecule has 29 heavy (non-hydrogen) atoms. The van der Waals surface area contributed by atoms with Crippen molar-refractivity contribution in [3.63, 3.8) is 0 Å². The smallest absolute Gasteiger partial charge is 0.175 e. The van der Waals surface area contributed by atoms with Crippen LogP contribution >= 0.6 is 12.2 Å². The predicted molar refractivity (Wildman–Crippen MR) is 111 cm³/mol. The zero-order chi connectivity index (χ0) is 21.1. The van der Waals surface area contributed by atoms with Crippen LogP contribution in [-0.4, -0.2) is 35.4 Å². The van der Waals surface area contributed by atoms with E-state index in [2.05, 4.69) is 11.8 Å². The normalized spacial score (nSPS) is 15.3. The zero-order valence-electron chi connectivity index (χ0n) is 16.0. The molecule has 0 aromatic heterocycles. The lowest BCUT2D eigenvalue weighted by atomic mass is 9.88. The molecule has 1 saturated heterocycles. The molecular formula is C21H22F3N3OS. The molecule has 0 saturated carbocycles. The van der Waals surface area contributed by atoms with Gasteiger partial charge in [0.05, 0.1) is 5.69 Å². The van der Waals surface area contributed by atoms with Gasteiger partial charge in [-0.25, -0.2) is 13.2 Å². The SMILES string of the molecule is CCN1CCC(C(=O)c2cccc(N(C(N)=S)c3cc(F)c(F)cc3F)c2)CC1. The van der Waals surface area contributed by atoms with Gasteiger partial charge in [-0.1, -0.05) is 19.1 Å². The summed E-state index contributed by atoms with van der Waals surface area (Å²) in [5.41, 5.74) is 6.17. The second kappa shape index (κ2) is 8.92. The third-order valence-corrected chi connectivity index (χ3v) is 5.43. The maximum absolute atomic E-state index is 14.3. The van der Waals surface area contributed by atoms with Crippen molar-refractivity contribution in [1.82, 2.24) is 4.90 Å². The molecule has 1 heterocycles. The Kier molecular flexibility index (Phi) is 6.54. The van der Waals surface area contributed by atoms with Crippen LogP contribution in [0.5, 0.6) is 0 Å². The molecule has 0 amide bonds. The first-order chi connectivity index (χ1) is 13.8. The molecule has 3 rings (SSSR count). The fourth-order valence-electron chi connectivity index (χ4n) is 3.61. The Labute approximate surface area is 173 Å². The minimum absolute atomic E-state index is 0.00347. The molecule has 0 aliphatic carbocycles. The number of nitrogens with zero attached hydrogens (tertiary/aromatic N) is 2. The molecule has 154 valence electrons. The van der Waals surface area contributed by atoms with Gasteiger partial charge in [0.15, 0.2) is 22.5 Å². The van der Waals surface area contributed by atoms with Gasteiger partial charge < -0.3 is 10.6 Å². The van der Waals surface area contributed by atoms with Gasteiger partial charge in [0.1, 0.15) is 5.82 Å². The van der Waals surface area contributed by atoms with E-state index in [4.69, 9.17) is 18.0 Å². The van der Waals surface area contributed by atoms with Crippen LogP contribution in [0.15, 0.2) is 36.4 Å². The lowest BCUT2D eigenvalue weighted by Crippen LogP contribution is -2.36. The molecule has 1 aliphatic heterocycles. The highest BCUT2D eigenvalue weighted by Crippen LogP contribution is 2.31. The van der Waals surface area contributed by atoms with Crippen LogP contribution in [0.3, 0.4) is 0 Å². The Bertz CT molecular complexity index is 929. The lowest BCUT2D eigenvalue weighted by Gasteiger charge is -2.30. The summed E-state index contributed by atoms with van der Waals surface area (Å²) < 4.78 is 41.3. The van der Waals surface area contributed by atoms with Crippen LogP contribution in [-0.2, 0) is 0 Å². The topological polar surface area (TPSA) is 49.6 Å². The number of hydrogen-bond donors (Lipinski definition) is 1. The van der Waals surface area contributed by atoms with E-state index in [9.17, 15) is 18.0 Å². The maximum atomic E-state index is 14.3. The number of carbonyl (C=O) groups excluding carboxylic acids is 1. The van der Waals surface area contributed by atoms with Crippen LogP contribution in [0, 0.1) is 23.4 Å². The van der Waals surface area contributed by atoms with Gasteiger partial charge in [-0.2, -0.15) is 0 Å². The first-order valence-corrected chi connectivity index (χ1v) is 9.83. The number of benzene rings is 2. The number of halogens is 3. The number of carbonyl (C=O) groups is 1. The third-order valence-electron chi connectivity index (χ3n) is 5.25. The average Bonchev–Trinajstić information content (AvgIpc) is 2.71. The lowest BCUT2D eigenvalue weighted by molar-refractivity contribution is 0.0844. The minimum atomic E-state index is -1.31. The van der Waals surface area contributed by atoms with Crippen molar-refractivity contribution in [2.75, 3.05) is 24.5 Å². The highest BCUT2D eigenvalue weighted by Gasteiger charge is 2.26. The average molecular weight is 421 g/mol. The van der Waals surface area contributed by atoms with Crippen molar-refractivity contribution in [3.05, 3.63) is 59.4 Å². The number of likely N-dealkylation sites (tertiary alicyclic amines) is 1. The first kappa shape index (κ1) is 21.3. The number of ketones is 1. The fourth-order valence-corrected chi connectivity index (χ4v) is 3.82. The minimum Gasteiger partial charge on any atom is -0.376 e. The van der Waals surface area contributed by atoms with E-state index in [1.54, 1.807) is 24.3 Å². The summed E-state index contributed by atoms with van der Waals surface area (Å²) in [6.07, 6.45) is 1.54. The number of anilines is 2. The molecule has 0 atom stereocenters. The van der Waals surface area contributed by atoms with Crippen molar-refractivity contribution in [2.24, 2.45) is 11.7 Å². The van der Waals surface area contributed by atoms with Crippen LogP contribution in [0.1, 0.15) is 30.1 Å². The van der Waals surface area contributed by atoms with Crippen LogP contribution in [0.25, 0.3) is 0 Å². The molecule has 2 aromatic carbocycles. The van der Waals surface area contributed by atoms with Crippen molar-refractivity contribution in [2.45, 2.75) is 19.8 Å². The number of rotatable bonds is 5. The quantitative estimate of drug-likeness (QED) is 0.441. The van der Waals surface area contributed by atoms with Gasteiger partial charge in [0.2, 0.25) is 0 Å². The van der Waals surface area contributed by atoms with Gasteiger partial charge in [0, 0.05) is 29.3 Å². The zero-order valence-corrected chi connectivity index (χ0v) is 16.8. The number of piperidine rings is 1. The largest absolute Gasteiger partial charge is 0.376 e. The molecule has 0 radical (unpaired) electrons. The van der Waals surface area contributed by atoms with Gasteiger partial charge in [-0.3, -0.25) is 9.69 Å². The Morgan fingerprint density at radius 3 is 2.41 bits per heavy atom. The van der Waals surface area contributed by atoms with Gasteiger partial charge in [0.25, 0.3) is 0 Å². The van der Waals surface area contributed by atoms with Crippen molar-refractivity contribution >= 4 is 34.5 Å². The summed E-state index contributed by atoms with van der Waals surface area (Å²) >= 11 is 5.01. The first-order valence-electron chi connectivity index (χ1n) is 9.42. The van der Waals surface area contributed by atoms with E-state index >= 15 is 0 Å². The van der Waals surface area contributed by atoms with E-state index in [1.807, 2.05) is 0 Å². The maximum Gasteiger partial charge on any atom is 0.175 e. The molecule has 4 nitrogen and oxygen atoms in total. The molecule has 1 aliphatic rings. The van der Waals surface area contributed by atoms with Crippen LogP contribution in [0.2, 0.25) is 0 Å². The van der Waals surface area contributed by atoms with Gasteiger partial charge in [-0.05, 0) is 56.8 Å². The Balaban J connectivity index is 1.91. The number of thiocarbonyl (C=S) groups is 1. The van der Waals surface area contributed by atoms with Crippen molar-refractivity contribution < 1.29 is 18.0 Å². The number of nitrogens with two attached hydrogens (primary N) is 1. The summed E-state index contributed by atoms with van der Waals surface area (Å²) in [7, 11) is 0. The van der Waals surface area contributed by atoms with E-state index in [0.717, 1.165) is 37.4 Å². The molecule has 8 heteroatoms. The molecule has 1 fully saturated rings. The molecular weight excluding hydrogens is 399 g/mol. The Hall–Kier alpha value is -2.45. The van der Waals surface area contributed by atoms with Gasteiger partial charge >= 0.3 is 0 Å². The molecule has 0 spiro atoms. The summed E-state index contributed by atoms with van der Waals surface area (Å²) in [5.74, 6) is -3.64. The summed E-state index contributed by atoms with van der Waals surface area (Å²) in [6, 6.07) is 7.57. The Morgan fingerprint density at radius 2 is 1.79 bits per heavy atom. The van der Waals surface area contributed by atoms with E-state index in [0.29, 0.717) is 23.4 Å². The monoisotopic (exact) mass is 421 g/mol. The van der Waals surface area contributed by atoms with Crippen molar-refractivity contribution in [1.29, 1.82) is 0 Å². The van der Waals surface area contributed by atoms with Gasteiger partial charge in [-0.15, -0.1) is 0 Å². The number of Topliss-reactive ketones (excluding diaryl/α,β-unsaturated/α-hetero) is 1. The Morgan fingerprint density at radius 1 is 1.14 bits per heavy atom. The third kappa shape index (κ3) is 4.59. The highest BCUT2D eigenvalue weighted by atomic mass is 32.1. The fraction of sp³-hybridized carbons (Fsp3) is 0.333. The summed E-state index contributed by atoms with van der Waals surface area (Å²) in [6.45, 7) is 4.78. The molecule has 0 unspecified atom stereocenters. The van der Waals surface area contributed by atoms with Crippen LogP contribution in [0.4, 0.5) is 24.5 Å². The van der Waals surface area contributed by atoms with E-state index in [1.165, 1.54) is 0 Å². The van der Waals surface area contributed by atoms with E-state index in [-0.39, 0.29) is 22.5 Å². The second-order valence-corrected chi connectivity index (χ2v) is 7.43. The predicted octanol–water partition coefficient (Wildman–Crippen LogP) is 4.40. The summed E-state index contributed by atoms with van der Waals surface area (Å²) in [5, 5.41) is -0.254. The molecule has 0 bridgehead atoms. The highest BCUT2D eigenvalue weighted by molar-refractivity contribution is 7.80. The van der Waals surface area contributed by atoms with Crippen LogP contribution < -0.4 is 10.6 Å². The van der Waals surface area contributed by atoms with E-state index < -0.39 is 17.5 Å². The number of hydrogen-bond acceptors (Lipinski definition) is 3. The summed E-state index contributed by atoms with van der Waals surface area (Å²) in [4.78, 5) is 16.3. The standard InChI is InChI=1S/C21H22F3N3OS/c1-2-26-8-6-13(7-9-26)20(28)14-4-3-5-15(10-14)27(21(25)29)19-12-17(23)16(22)11-18(19)24/h3-5,10-13H,2,6-9H2,1H3,(H2,25,29). The van der Waals surface area contributed by atoms with Crippen molar-refractivity contribution in [3.8, 4) is 0 Å². The second-order valence-electron chi connectivity index (χ2n) is 7.01. The molecule has 2 N–H and O–H groups in total.